The minimum Gasteiger partial charge on any atom is -0.462 e. The van der Waals surface area contributed by atoms with Crippen molar-refractivity contribution in [3.8, 4) is 0 Å². The van der Waals surface area contributed by atoms with E-state index in [1.807, 2.05) is 0 Å². The van der Waals surface area contributed by atoms with Gasteiger partial charge in [0.05, 0.1) is 0 Å². The van der Waals surface area contributed by atoms with Crippen molar-refractivity contribution in [1.29, 1.82) is 0 Å². The van der Waals surface area contributed by atoms with Crippen molar-refractivity contribution in [1.82, 2.24) is 0 Å². The van der Waals surface area contributed by atoms with Gasteiger partial charge in [0.2, 0.25) is 0 Å². The van der Waals surface area contributed by atoms with Gasteiger partial charge in [-0.25, -0.2) is 0 Å². The first-order valence-electron chi connectivity index (χ1n) is 24.5. The highest BCUT2D eigenvalue weighted by Crippen LogP contribution is 2.14. The molecule has 0 saturated carbocycles. The van der Waals surface area contributed by atoms with Gasteiger partial charge < -0.3 is 14.2 Å². The lowest BCUT2D eigenvalue weighted by Gasteiger charge is -2.18. The summed E-state index contributed by atoms with van der Waals surface area (Å²) in [7, 11) is 0. The number of unbranched alkanes of at least 4 members (excludes halogenated alkanes) is 27. The Morgan fingerprint density at radius 2 is 0.632 bits per heavy atom. The Morgan fingerprint density at radius 1 is 0.351 bits per heavy atom. The summed E-state index contributed by atoms with van der Waals surface area (Å²) < 4.78 is 16.7. The van der Waals surface area contributed by atoms with Crippen molar-refractivity contribution in [3.05, 3.63) is 36.5 Å². The topological polar surface area (TPSA) is 78.9 Å². The summed E-state index contributed by atoms with van der Waals surface area (Å²) in [5.41, 5.74) is 0. The predicted octanol–water partition coefficient (Wildman–Crippen LogP) is 15.8. The van der Waals surface area contributed by atoms with Crippen LogP contribution in [0, 0.1) is 0 Å². The van der Waals surface area contributed by atoms with Gasteiger partial charge in [0.25, 0.3) is 0 Å². The van der Waals surface area contributed by atoms with E-state index in [1.165, 1.54) is 128 Å². The largest absolute Gasteiger partial charge is 0.462 e. The van der Waals surface area contributed by atoms with E-state index < -0.39 is 6.10 Å². The van der Waals surface area contributed by atoms with Gasteiger partial charge in [-0.1, -0.05) is 192 Å². The molecule has 332 valence electrons. The number of allylic oxidation sites excluding steroid dienone is 6. The van der Waals surface area contributed by atoms with Gasteiger partial charge in [0.1, 0.15) is 13.2 Å². The van der Waals surface area contributed by atoms with Crippen LogP contribution in [-0.4, -0.2) is 37.2 Å². The van der Waals surface area contributed by atoms with E-state index in [4.69, 9.17) is 14.2 Å². The summed E-state index contributed by atoms with van der Waals surface area (Å²) in [6, 6.07) is 0. The fraction of sp³-hybridized carbons (Fsp3) is 0.824. The molecule has 0 aliphatic heterocycles. The van der Waals surface area contributed by atoms with Crippen LogP contribution in [0.4, 0.5) is 0 Å². The first kappa shape index (κ1) is 54.6. The standard InChI is InChI=1S/C51H92O6/c1-4-7-10-13-16-18-20-22-24-26-28-29-31-33-35-38-41-44-50(53)56-47-48(46-55-49(52)43-40-37-15-12-9-6-3)57-51(54)45-42-39-36-34-32-30-27-25-23-21-19-17-14-11-8-5-2/h19,21-22,24-25,27,48H,4-18,20,23,26,28-47H2,1-3H3/b21-19-,24-22-,27-25-. The van der Waals surface area contributed by atoms with E-state index in [9.17, 15) is 14.4 Å². The van der Waals surface area contributed by atoms with E-state index in [0.717, 1.165) is 83.5 Å². The van der Waals surface area contributed by atoms with Crippen LogP contribution in [0.15, 0.2) is 36.5 Å². The Morgan fingerprint density at radius 3 is 1.00 bits per heavy atom. The number of rotatable bonds is 44. The SMILES string of the molecule is CCCCCC/C=C\C/C=C\CCCCCCCC(=O)OC(COC(=O)CCCCCCCC)COC(=O)CCCCCCCCC/C=C\CCCCCCCC. The average Bonchev–Trinajstić information content (AvgIpc) is 3.21. The molecule has 0 spiro atoms. The zero-order chi connectivity index (χ0) is 41.5. The van der Waals surface area contributed by atoms with E-state index >= 15 is 0 Å². The highest BCUT2D eigenvalue weighted by Gasteiger charge is 2.19. The molecule has 6 heteroatoms. The molecule has 0 saturated heterocycles. The van der Waals surface area contributed by atoms with E-state index in [-0.39, 0.29) is 31.1 Å². The summed E-state index contributed by atoms with van der Waals surface area (Å²) in [6.07, 6.45) is 52.9. The van der Waals surface area contributed by atoms with Gasteiger partial charge in [-0.05, 0) is 77.0 Å². The van der Waals surface area contributed by atoms with Gasteiger partial charge in [0, 0.05) is 19.3 Å². The molecular formula is C51H92O6. The molecule has 0 aromatic heterocycles. The molecule has 0 heterocycles. The fourth-order valence-corrected chi connectivity index (χ4v) is 6.88. The zero-order valence-electron chi connectivity index (χ0n) is 37.9. The molecule has 1 unspecified atom stereocenters. The molecule has 6 nitrogen and oxygen atoms in total. The van der Waals surface area contributed by atoms with Crippen molar-refractivity contribution in [2.24, 2.45) is 0 Å². The van der Waals surface area contributed by atoms with Crippen molar-refractivity contribution in [2.45, 2.75) is 258 Å². The molecule has 0 fully saturated rings. The second kappa shape index (κ2) is 46.3. The van der Waals surface area contributed by atoms with Crippen molar-refractivity contribution in [2.75, 3.05) is 13.2 Å². The molecule has 0 bridgehead atoms. The summed E-state index contributed by atoms with van der Waals surface area (Å²) in [4.78, 5) is 37.6. The van der Waals surface area contributed by atoms with Crippen LogP contribution in [0.5, 0.6) is 0 Å². The number of carbonyl (C=O) groups is 3. The van der Waals surface area contributed by atoms with E-state index in [2.05, 4.69) is 57.2 Å². The lowest BCUT2D eigenvalue weighted by atomic mass is 10.1. The average molecular weight is 801 g/mol. The number of hydrogen-bond acceptors (Lipinski definition) is 6. The third kappa shape index (κ3) is 44.6. The number of ether oxygens (including phenoxy) is 3. The van der Waals surface area contributed by atoms with Gasteiger partial charge in [0.15, 0.2) is 6.10 Å². The van der Waals surface area contributed by atoms with Crippen molar-refractivity contribution < 1.29 is 28.6 Å². The second-order valence-electron chi connectivity index (χ2n) is 16.4. The summed E-state index contributed by atoms with van der Waals surface area (Å²) in [5.74, 6) is -0.901. The Hall–Kier alpha value is -2.37. The van der Waals surface area contributed by atoms with E-state index in [1.54, 1.807) is 0 Å². The normalized spacial score (nSPS) is 12.3. The Balaban J connectivity index is 4.25. The highest BCUT2D eigenvalue weighted by atomic mass is 16.6. The maximum absolute atomic E-state index is 12.7. The van der Waals surface area contributed by atoms with Crippen LogP contribution in [0.2, 0.25) is 0 Å². The lowest BCUT2D eigenvalue weighted by molar-refractivity contribution is -0.167. The number of hydrogen-bond donors (Lipinski definition) is 0. The number of carbonyl (C=O) groups excluding carboxylic acids is 3. The molecule has 0 aromatic rings. The van der Waals surface area contributed by atoms with E-state index in [0.29, 0.717) is 19.3 Å². The smallest absolute Gasteiger partial charge is 0.306 e. The minimum atomic E-state index is -0.775. The molecule has 0 amide bonds. The molecule has 0 aliphatic carbocycles. The fourth-order valence-electron chi connectivity index (χ4n) is 6.88. The first-order chi connectivity index (χ1) is 28.0. The first-order valence-corrected chi connectivity index (χ1v) is 24.5. The van der Waals surface area contributed by atoms with Crippen molar-refractivity contribution in [3.63, 3.8) is 0 Å². The molecule has 0 radical (unpaired) electrons. The van der Waals surface area contributed by atoms with Crippen LogP contribution in [0.1, 0.15) is 252 Å². The minimum absolute atomic E-state index is 0.0785. The van der Waals surface area contributed by atoms with Gasteiger partial charge >= 0.3 is 17.9 Å². The maximum atomic E-state index is 12.7. The lowest BCUT2D eigenvalue weighted by Crippen LogP contribution is -2.30. The molecule has 0 aliphatic rings. The number of esters is 3. The van der Waals surface area contributed by atoms with Crippen LogP contribution in [0.25, 0.3) is 0 Å². The monoisotopic (exact) mass is 801 g/mol. The van der Waals surface area contributed by atoms with Crippen LogP contribution in [-0.2, 0) is 28.6 Å². The molecule has 0 aromatic carbocycles. The molecule has 57 heavy (non-hydrogen) atoms. The van der Waals surface area contributed by atoms with Crippen LogP contribution in [0.3, 0.4) is 0 Å². The third-order valence-electron chi connectivity index (χ3n) is 10.6. The quantitative estimate of drug-likeness (QED) is 0.0264. The predicted molar refractivity (Wildman–Crippen MR) is 242 cm³/mol. The van der Waals surface area contributed by atoms with Crippen LogP contribution >= 0.6 is 0 Å². The summed E-state index contributed by atoms with van der Waals surface area (Å²) >= 11 is 0. The van der Waals surface area contributed by atoms with Gasteiger partial charge in [-0.2, -0.15) is 0 Å². The molecule has 0 rings (SSSR count). The molecule has 0 N–H and O–H groups in total. The molecular weight excluding hydrogens is 709 g/mol. The second-order valence-corrected chi connectivity index (χ2v) is 16.4. The van der Waals surface area contributed by atoms with Crippen LogP contribution < -0.4 is 0 Å². The zero-order valence-corrected chi connectivity index (χ0v) is 37.9. The summed E-state index contributed by atoms with van der Waals surface area (Å²) in [5, 5.41) is 0. The van der Waals surface area contributed by atoms with Crippen molar-refractivity contribution >= 4 is 17.9 Å². The van der Waals surface area contributed by atoms with Gasteiger partial charge in [-0.3, -0.25) is 14.4 Å². The van der Waals surface area contributed by atoms with Gasteiger partial charge in [-0.15, -0.1) is 0 Å². The summed E-state index contributed by atoms with van der Waals surface area (Å²) in [6.45, 7) is 6.55. The Labute approximate surface area is 353 Å². The molecule has 1 atom stereocenters. The third-order valence-corrected chi connectivity index (χ3v) is 10.6. The highest BCUT2D eigenvalue weighted by molar-refractivity contribution is 5.71. The Bertz CT molecular complexity index is 969. The Kier molecular flexibility index (Phi) is 44.4. The maximum Gasteiger partial charge on any atom is 0.306 e.